The van der Waals surface area contributed by atoms with E-state index in [1.807, 2.05) is 48.5 Å². The Kier molecular flexibility index (Phi) is 6.78. The van der Waals surface area contributed by atoms with Crippen molar-refractivity contribution in [3.63, 3.8) is 0 Å². The van der Waals surface area contributed by atoms with Crippen molar-refractivity contribution in [2.45, 2.75) is 19.5 Å². The Hall–Kier alpha value is -3.70. The summed E-state index contributed by atoms with van der Waals surface area (Å²) in [6.07, 6.45) is 5.79. The summed E-state index contributed by atoms with van der Waals surface area (Å²) in [7, 11) is 0. The highest BCUT2D eigenvalue weighted by Gasteiger charge is 2.08. The number of carbonyl (C=O) groups is 1. The molecule has 0 radical (unpaired) electrons. The largest absolute Gasteiger partial charge is 0.348 e. The maximum Gasteiger partial charge on any atom is 0.253 e. The highest BCUT2D eigenvalue weighted by Crippen LogP contribution is 2.13. The van der Waals surface area contributed by atoms with Crippen LogP contribution in [0.2, 0.25) is 5.02 Å². The fourth-order valence-electron chi connectivity index (χ4n) is 3.38. The lowest BCUT2D eigenvalue weighted by Crippen LogP contribution is -2.23. The van der Waals surface area contributed by atoms with Gasteiger partial charge in [0.25, 0.3) is 11.5 Å². The topological polar surface area (TPSA) is 64.0 Å². The number of aromatic nitrogens is 2. The Morgan fingerprint density at radius 1 is 0.875 bits per heavy atom. The number of carbonyl (C=O) groups excluding carboxylic acids is 1. The summed E-state index contributed by atoms with van der Waals surface area (Å²) in [5.74, 6) is -0.169. The number of pyridine rings is 2. The molecule has 0 saturated carbocycles. The number of benzene rings is 2. The number of nitrogens with one attached hydrogen (secondary N) is 1. The van der Waals surface area contributed by atoms with E-state index >= 15 is 0 Å². The molecule has 160 valence electrons. The van der Waals surface area contributed by atoms with E-state index < -0.39 is 0 Å². The zero-order chi connectivity index (χ0) is 22.3. The highest BCUT2D eigenvalue weighted by molar-refractivity contribution is 6.30. The molecule has 0 fully saturated rings. The molecule has 32 heavy (non-hydrogen) atoms. The van der Waals surface area contributed by atoms with Gasteiger partial charge >= 0.3 is 0 Å². The van der Waals surface area contributed by atoms with Gasteiger partial charge in [0.2, 0.25) is 0 Å². The molecule has 2 aromatic heterocycles. The minimum absolute atomic E-state index is 0.0196. The summed E-state index contributed by atoms with van der Waals surface area (Å²) < 4.78 is 1.67. The Morgan fingerprint density at radius 2 is 1.59 bits per heavy atom. The number of nitrogens with zero attached hydrogens (tertiary/aromatic N) is 2. The van der Waals surface area contributed by atoms with Crippen molar-refractivity contribution in [2.75, 3.05) is 0 Å². The Balaban J connectivity index is 1.38. The number of rotatable bonds is 7. The summed E-state index contributed by atoms with van der Waals surface area (Å²) in [6.45, 7) is 0.955. The predicted molar refractivity (Wildman–Crippen MR) is 126 cm³/mol. The number of amides is 1. The van der Waals surface area contributed by atoms with E-state index in [2.05, 4.69) is 10.3 Å². The van der Waals surface area contributed by atoms with E-state index in [9.17, 15) is 9.59 Å². The molecular formula is C26H22ClN3O2. The van der Waals surface area contributed by atoms with Crippen molar-refractivity contribution in [3.8, 4) is 0 Å². The van der Waals surface area contributed by atoms with E-state index in [-0.39, 0.29) is 11.5 Å². The second kappa shape index (κ2) is 10.1. The van der Waals surface area contributed by atoms with Crippen molar-refractivity contribution in [1.82, 2.24) is 14.9 Å². The molecule has 1 amide bonds. The molecule has 0 aliphatic rings. The van der Waals surface area contributed by atoms with Crippen molar-refractivity contribution < 1.29 is 4.79 Å². The summed E-state index contributed by atoms with van der Waals surface area (Å²) in [5, 5.41) is 3.58. The minimum atomic E-state index is -0.169. The quantitative estimate of drug-likeness (QED) is 0.458. The maximum absolute atomic E-state index is 12.5. The maximum atomic E-state index is 12.5. The van der Waals surface area contributed by atoms with Gasteiger partial charge in [0, 0.05) is 36.2 Å². The summed E-state index contributed by atoms with van der Waals surface area (Å²) in [4.78, 5) is 28.6. The summed E-state index contributed by atoms with van der Waals surface area (Å²) in [5.41, 5.74) is 4.59. The third-order valence-electron chi connectivity index (χ3n) is 5.11. The Bertz CT molecular complexity index is 1270. The first-order valence-electron chi connectivity index (χ1n) is 10.3. The van der Waals surface area contributed by atoms with Crippen LogP contribution in [-0.2, 0) is 19.5 Å². The van der Waals surface area contributed by atoms with E-state index in [0.717, 1.165) is 22.3 Å². The first-order chi connectivity index (χ1) is 15.6. The molecule has 0 spiro atoms. The molecule has 6 heteroatoms. The molecule has 0 aliphatic heterocycles. The summed E-state index contributed by atoms with van der Waals surface area (Å²) >= 11 is 5.90. The van der Waals surface area contributed by atoms with E-state index in [4.69, 9.17) is 11.6 Å². The van der Waals surface area contributed by atoms with E-state index in [1.165, 1.54) is 0 Å². The van der Waals surface area contributed by atoms with Crippen LogP contribution in [0.25, 0.3) is 0 Å². The SMILES string of the molecule is O=C(NCc1ccc(Cl)cc1)c1cncc(Cc2ccc(Cn3ccccc3=O)cc2)c1. The standard InChI is InChI=1S/C26H22ClN3O2/c27-24-10-8-20(9-11-24)16-29-26(32)23-14-22(15-28-17-23)13-19-4-6-21(7-5-19)18-30-12-2-1-3-25(30)31/h1-12,14-15,17H,13,16,18H2,(H,29,32). The van der Waals surface area contributed by atoms with Crippen molar-refractivity contribution in [2.24, 2.45) is 0 Å². The van der Waals surface area contributed by atoms with Crippen LogP contribution in [0.1, 0.15) is 32.6 Å². The van der Waals surface area contributed by atoms with E-state index in [0.29, 0.717) is 30.1 Å². The predicted octanol–water partition coefficient (Wildman–Crippen LogP) is 4.47. The van der Waals surface area contributed by atoms with Crippen LogP contribution in [0, 0.1) is 0 Å². The van der Waals surface area contributed by atoms with Crippen LogP contribution >= 0.6 is 11.6 Å². The molecule has 1 N–H and O–H groups in total. The average Bonchev–Trinajstić information content (AvgIpc) is 2.81. The normalized spacial score (nSPS) is 10.7. The van der Waals surface area contributed by atoms with Gasteiger partial charge in [-0.05, 0) is 52.9 Å². The molecule has 2 aromatic carbocycles. The molecule has 0 saturated heterocycles. The lowest BCUT2D eigenvalue weighted by Gasteiger charge is -2.08. The zero-order valence-electron chi connectivity index (χ0n) is 17.4. The molecule has 0 aliphatic carbocycles. The average molecular weight is 444 g/mol. The third kappa shape index (κ3) is 5.71. The van der Waals surface area contributed by atoms with Crippen LogP contribution in [0.15, 0.2) is 96.2 Å². The van der Waals surface area contributed by atoms with Gasteiger partial charge in [0.15, 0.2) is 0 Å². The minimum Gasteiger partial charge on any atom is -0.348 e. The number of hydrogen-bond acceptors (Lipinski definition) is 3. The van der Waals surface area contributed by atoms with Crippen molar-refractivity contribution >= 4 is 17.5 Å². The second-order valence-electron chi connectivity index (χ2n) is 7.55. The van der Waals surface area contributed by atoms with Crippen LogP contribution < -0.4 is 10.9 Å². The fraction of sp³-hybridized carbons (Fsp3) is 0.115. The second-order valence-corrected chi connectivity index (χ2v) is 7.99. The molecule has 4 aromatic rings. The van der Waals surface area contributed by atoms with Crippen LogP contribution in [-0.4, -0.2) is 15.5 Å². The lowest BCUT2D eigenvalue weighted by molar-refractivity contribution is 0.0950. The zero-order valence-corrected chi connectivity index (χ0v) is 18.1. The van der Waals surface area contributed by atoms with Gasteiger partial charge in [-0.1, -0.05) is 54.1 Å². The Morgan fingerprint density at radius 3 is 2.34 bits per heavy atom. The smallest absolute Gasteiger partial charge is 0.253 e. The van der Waals surface area contributed by atoms with E-state index in [1.54, 1.807) is 47.4 Å². The first-order valence-corrected chi connectivity index (χ1v) is 10.6. The van der Waals surface area contributed by atoms with Crippen molar-refractivity contribution in [1.29, 1.82) is 0 Å². The highest BCUT2D eigenvalue weighted by atomic mass is 35.5. The lowest BCUT2D eigenvalue weighted by atomic mass is 10.0. The monoisotopic (exact) mass is 443 g/mol. The van der Waals surface area contributed by atoms with Crippen LogP contribution in [0.5, 0.6) is 0 Å². The van der Waals surface area contributed by atoms with Gasteiger partial charge in [0.1, 0.15) is 0 Å². The van der Waals surface area contributed by atoms with Gasteiger partial charge in [-0.15, -0.1) is 0 Å². The van der Waals surface area contributed by atoms with Crippen molar-refractivity contribution in [3.05, 3.63) is 135 Å². The molecule has 0 unspecified atom stereocenters. The van der Waals surface area contributed by atoms with Gasteiger partial charge in [0.05, 0.1) is 12.1 Å². The molecule has 0 atom stereocenters. The molecule has 0 bridgehead atoms. The molecule has 5 nitrogen and oxygen atoms in total. The van der Waals surface area contributed by atoms with Gasteiger partial charge < -0.3 is 9.88 Å². The number of halogens is 1. The van der Waals surface area contributed by atoms with Gasteiger partial charge in [-0.25, -0.2) is 0 Å². The molecular weight excluding hydrogens is 422 g/mol. The Labute approximate surface area is 191 Å². The first kappa shape index (κ1) is 21.5. The fourth-order valence-corrected chi connectivity index (χ4v) is 3.51. The summed E-state index contributed by atoms with van der Waals surface area (Å²) in [6, 6.07) is 22.5. The molecule has 2 heterocycles. The van der Waals surface area contributed by atoms with Gasteiger partial charge in [-0.2, -0.15) is 0 Å². The van der Waals surface area contributed by atoms with Crippen LogP contribution in [0.4, 0.5) is 0 Å². The number of hydrogen-bond donors (Lipinski definition) is 1. The molecule has 4 rings (SSSR count). The van der Waals surface area contributed by atoms with Crippen LogP contribution in [0.3, 0.4) is 0 Å². The van der Waals surface area contributed by atoms with Gasteiger partial charge in [-0.3, -0.25) is 14.6 Å². The third-order valence-corrected chi connectivity index (χ3v) is 5.36.